The quantitative estimate of drug-likeness (QED) is 0.605. The fourth-order valence-corrected chi connectivity index (χ4v) is 3.01. The van der Waals surface area contributed by atoms with Crippen LogP contribution in [0.2, 0.25) is 0 Å². The standard InChI is InChI=1S/C23H29FN4O3/c1-4-28(15-21(29)26-13-17-7-11-20(24)12-8-17)22(30)16-27(3)14-18-5-9-19(10-6-18)23(31)25-2/h5-12H,4,13-16H2,1-3H3,(H,25,31)(H,26,29). The van der Waals surface area contributed by atoms with Gasteiger partial charge in [-0.2, -0.15) is 0 Å². The molecule has 0 unspecified atom stereocenters. The molecule has 0 aromatic heterocycles. The Kier molecular flexibility index (Phi) is 9.14. The molecule has 2 N–H and O–H groups in total. The number of nitrogens with one attached hydrogen (secondary N) is 2. The maximum atomic E-state index is 12.9. The fraction of sp³-hybridized carbons (Fsp3) is 0.348. The summed E-state index contributed by atoms with van der Waals surface area (Å²) >= 11 is 0. The van der Waals surface area contributed by atoms with E-state index in [1.165, 1.54) is 17.0 Å². The monoisotopic (exact) mass is 428 g/mol. The van der Waals surface area contributed by atoms with E-state index in [1.807, 2.05) is 31.0 Å². The first kappa shape index (κ1) is 24.0. The van der Waals surface area contributed by atoms with Gasteiger partial charge in [0.25, 0.3) is 5.91 Å². The number of benzene rings is 2. The average molecular weight is 429 g/mol. The van der Waals surface area contributed by atoms with Gasteiger partial charge < -0.3 is 15.5 Å². The van der Waals surface area contributed by atoms with E-state index in [2.05, 4.69) is 10.6 Å². The first-order chi connectivity index (χ1) is 14.8. The van der Waals surface area contributed by atoms with E-state index in [-0.39, 0.29) is 43.2 Å². The summed E-state index contributed by atoms with van der Waals surface area (Å²) in [7, 11) is 3.41. The molecule has 0 fully saturated rings. The first-order valence-electron chi connectivity index (χ1n) is 10.1. The largest absolute Gasteiger partial charge is 0.355 e. The Bertz CT molecular complexity index is 885. The molecule has 2 aromatic rings. The summed E-state index contributed by atoms with van der Waals surface area (Å²) in [5.74, 6) is -0.897. The third kappa shape index (κ3) is 7.82. The van der Waals surface area contributed by atoms with E-state index in [0.717, 1.165) is 11.1 Å². The molecular weight excluding hydrogens is 399 g/mol. The molecule has 3 amide bonds. The average Bonchev–Trinajstić information content (AvgIpc) is 2.76. The Morgan fingerprint density at radius 2 is 1.55 bits per heavy atom. The van der Waals surface area contributed by atoms with Crippen LogP contribution >= 0.6 is 0 Å². The highest BCUT2D eigenvalue weighted by molar-refractivity contribution is 5.93. The van der Waals surface area contributed by atoms with Gasteiger partial charge in [-0.25, -0.2) is 4.39 Å². The fourth-order valence-electron chi connectivity index (χ4n) is 3.01. The van der Waals surface area contributed by atoms with Crippen molar-refractivity contribution in [2.45, 2.75) is 20.0 Å². The van der Waals surface area contributed by atoms with Crippen LogP contribution in [0.15, 0.2) is 48.5 Å². The maximum absolute atomic E-state index is 12.9. The van der Waals surface area contributed by atoms with Gasteiger partial charge in [0.05, 0.1) is 13.1 Å². The summed E-state index contributed by atoms with van der Waals surface area (Å²) in [6, 6.07) is 13.1. The number of halogens is 1. The van der Waals surface area contributed by atoms with Crippen molar-refractivity contribution in [2.75, 3.05) is 33.7 Å². The lowest BCUT2D eigenvalue weighted by Gasteiger charge is -2.24. The molecule has 0 saturated carbocycles. The van der Waals surface area contributed by atoms with Crippen molar-refractivity contribution in [1.29, 1.82) is 0 Å². The molecular formula is C23H29FN4O3. The van der Waals surface area contributed by atoms with Gasteiger partial charge in [-0.3, -0.25) is 19.3 Å². The molecule has 8 heteroatoms. The summed E-state index contributed by atoms with van der Waals surface area (Å²) in [5.41, 5.74) is 2.34. The molecule has 0 spiro atoms. The molecule has 166 valence electrons. The van der Waals surface area contributed by atoms with Crippen molar-refractivity contribution in [3.05, 3.63) is 71.0 Å². The van der Waals surface area contributed by atoms with Gasteiger partial charge in [0.2, 0.25) is 11.8 Å². The molecule has 0 atom stereocenters. The van der Waals surface area contributed by atoms with Crippen LogP contribution < -0.4 is 10.6 Å². The molecule has 2 rings (SSSR count). The van der Waals surface area contributed by atoms with Crippen LogP contribution in [0.1, 0.15) is 28.4 Å². The predicted octanol–water partition coefficient (Wildman–Crippen LogP) is 1.78. The number of nitrogens with zero attached hydrogens (tertiary/aromatic N) is 2. The highest BCUT2D eigenvalue weighted by Gasteiger charge is 2.17. The van der Waals surface area contributed by atoms with Crippen LogP contribution in [-0.2, 0) is 22.7 Å². The van der Waals surface area contributed by atoms with Crippen molar-refractivity contribution in [3.63, 3.8) is 0 Å². The van der Waals surface area contributed by atoms with Crippen molar-refractivity contribution in [1.82, 2.24) is 20.4 Å². The Hall–Kier alpha value is -3.26. The Labute approximate surface area is 182 Å². The number of likely N-dealkylation sites (N-methyl/N-ethyl adjacent to an activating group) is 2. The number of hydrogen-bond donors (Lipinski definition) is 2. The minimum atomic E-state index is -0.329. The second-order valence-corrected chi connectivity index (χ2v) is 7.26. The lowest BCUT2D eigenvalue weighted by atomic mass is 10.1. The van der Waals surface area contributed by atoms with Crippen LogP contribution in [0.25, 0.3) is 0 Å². The summed E-state index contributed by atoms with van der Waals surface area (Å²) in [6.07, 6.45) is 0. The summed E-state index contributed by atoms with van der Waals surface area (Å²) in [4.78, 5) is 39.8. The molecule has 0 bridgehead atoms. The molecule has 0 heterocycles. The number of amides is 3. The van der Waals surface area contributed by atoms with E-state index in [4.69, 9.17) is 0 Å². The molecule has 7 nitrogen and oxygen atoms in total. The van der Waals surface area contributed by atoms with Gasteiger partial charge in [-0.1, -0.05) is 24.3 Å². The van der Waals surface area contributed by atoms with Gasteiger partial charge in [0, 0.05) is 32.2 Å². The van der Waals surface area contributed by atoms with E-state index in [9.17, 15) is 18.8 Å². The van der Waals surface area contributed by atoms with E-state index >= 15 is 0 Å². The smallest absolute Gasteiger partial charge is 0.251 e. The number of hydrogen-bond acceptors (Lipinski definition) is 4. The third-order valence-corrected chi connectivity index (χ3v) is 4.77. The lowest BCUT2D eigenvalue weighted by Crippen LogP contribution is -2.44. The zero-order chi connectivity index (χ0) is 22.8. The van der Waals surface area contributed by atoms with Gasteiger partial charge >= 0.3 is 0 Å². The Balaban J connectivity index is 1.81. The first-order valence-corrected chi connectivity index (χ1v) is 10.1. The van der Waals surface area contributed by atoms with Crippen molar-refractivity contribution in [3.8, 4) is 0 Å². The number of rotatable bonds is 10. The molecule has 0 aliphatic carbocycles. The van der Waals surface area contributed by atoms with Crippen LogP contribution in [0.4, 0.5) is 4.39 Å². The summed E-state index contributed by atoms with van der Waals surface area (Å²) in [5, 5.41) is 5.32. The SMILES string of the molecule is CCN(CC(=O)NCc1ccc(F)cc1)C(=O)CN(C)Cc1ccc(C(=O)NC)cc1. The molecule has 0 radical (unpaired) electrons. The third-order valence-electron chi connectivity index (χ3n) is 4.77. The van der Waals surface area contributed by atoms with Crippen LogP contribution in [0.5, 0.6) is 0 Å². The zero-order valence-corrected chi connectivity index (χ0v) is 18.2. The van der Waals surface area contributed by atoms with E-state index in [0.29, 0.717) is 18.7 Å². The van der Waals surface area contributed by atoms with Gasteiger partial charge in [-0.05, 0) is 49.4 Å². The van der Waals surface area contributed by atoms with Gasteiger partial charge in [0.15, 0.2) is 0 Å². The second-order valence-electron chi connectivity index (χ2n) is 7.26. The molecule has 31 heavy (non-hydrogen) atoms. The normalized spacial score (nSPS) is 10.6. The highest BCUT2D eigenvalue weighted by atomic mass is 19.1. The lowest BCUT2D eigenvalue weighted by molar-refractivity contribution is -0.136. The molecule has 2 aromatic carbocycles. The Morgan fingerprint density at radius 3 is 2.13 bits per heavy atom. The van der Waals surface area contributed by atoms with Crippen LogP contribution in [0, 0.1) is 5.82 Å². The van der Waals surface area contributed by atoms with Crippen molar-refractivity contribution < 1.29 is 18.8 Å². The van der Waals surface area contributed by atoms with Gasteiger partial charge in [0.1, 0.15) is 5.82 Å². The maximum Gasteiger partial charge on any atom is 0.251 e. The zero-order valence-electron chi connectivity index (χ0n) is 18.2. The minimum Gasteiger partial charge on any atom is -0.355 e. The minimum absolute atomic E-state index is 0.0365. The number of carbonyl (C=O) groups excluding carboxylic acids is 3. The molecule has 0 aliphatic heterocycles. The van der Waals surface area contributed by atoms with Crippen LogP contribution in [-0.4, -0.2) is 61.3 Å². The Morgan fingerprint density at radius 1 is 0.935 bits per heavy atom. The second kappa shape index (κ2) is 11.8. The number of carbonyl (C=O) groups is 3. The van der Waals surface area contributed by atoms with E-state index < -0.39 is 0 Å². The van der Waals surface area contributed by atoms with Crippen molar-refractivity contribution in [2.24, 2.45) is 0 Å². The van der Waals surface area contributed by atoms with Gasteiger partial charge in [-0.15, -0.1) is 0 Å². The van der Waals surface area contributed by atoms with Crippen LogP contribution in [0.3, 0.4) is 0 Å². The molecule has 0 saturated heterocycles. The predicted molar refractivity (Wildman–Crippen MR) is 117 cm³/mol. The molecule has 0 aliphatic rings. The summed E-state index contributed by atoms with van der Waals surface area (Å²) in [6.45, 7) is 3.17. The highest BCUT2D eigenvalue weighted by Crippen LogP contribution is 2.07. The topological polar surface area (TPSA) is 81.8 Å². The van der Waals surface area contributed by atoms with E-state index in [1.54, 1.807) is 31.3 Å². The van der Waals surface area contributed by atoms with Crippen molar-refractivity contribution >= 4 is 17.7 Å². The summed E-state index contributed by atoms with van der Waals surface area (Å²) < 4.78 is 12.9.